The fourth-order valence-electron chi connectivity index (χ4n) is 0.442. The number of nitrogens with zero attached hydrogens (tertiary/aromatic N) is 1. The molecule has 5 heteroatoms. The van der Waals surface area contributed by atoms with E-state index in [1.807, 2.05) is 0 Å². The van der Waals surface area contributed by atoms with Gasteiger partial charge in [-0.3, -0.25) is 0 Å². The number of halogens is 4. The molecule has 1 nitrogen and oxygen atoms in total. The highest BCUT2D eigenvalue weighted by molar-refractivity contribution is 9.10. The van der Waals surface area contributed by atoms with E-state index in [1.54, 1.807) is 0 Å². The first-order valence-corrected chi connectivity index (χ1v) is 3.07. The van der Waals surface area contributed by atoms with Gasteiger partial charge in [0.25, 0.3) is 0 Å². The summed E-state index contributed by atoms with van der Waals surface area (Å²) in [5.74, 6) is -3.48. The molecule has 0 aliphatic carbocycles. The van der Waals surface area contributed by atoms with Crippen molar-refractivity contribution in [2.75, 3.05) is 0 Å². The van der Waals surface area contributed by atoms with Gasteiger partial charge in [0.2, 0.25) is 5.95 Å². The van der Waals surface area contributed by atoms with Gasteiger partial charge in [-0.25, -0.2) is 13.8 Å². The second-order valence-electron chi connectivity index (χ2n) is 1.53. The van der Waals surface area contributed by atoms with Crippen LogP contribution >= 0.6 is 15.9 Å². The zero-order valence-electron chi connectivity index (χ0n) is 4.54. The fourth-order valence-corrected chi connectivity index (χ4v) is 0.800. The van der Waals surface area contributed by atoms with Crippen molar-refractivity contribution in [2.45, 2.75) is 0 Å². The van der Waals surface area contributed by atoms with Crippen LogP contribution in [0.1, 0.15) is 0 Å². The Morgan fingerprint density at radius 3 is 2.40 bits per heavy atom. The molecule has 1 aromatic heterocycles. The molecule has 0 fully saturated rings. The molecule has 0 N–H and O–H groups in total. The smallest absolute Gasteiger partial charge is 0.209 e. The molecule has 0 aliphatic rings. The molecular formula is C5HBrF3N. The monoisotopic (exact) mass is 211 g/mol. The Kier molecular flexibility index (Phi) is 1.94. The number of pyridine rings is 1. The van der Waals surface area contributed by atoms with E-state index in [2.05, 4.69) is 20.9 Å². The highest BCUT2D eigenvalue weighted by Gasteiger charge is 2.08. The van der Waals surface area contributed by atoms with Gasteiger partial charge in [-0.15, -0.1) is 0 Å². The molecule has 0 atom stereocenters. The summed E-state index contributed by atoms with van der Waals surface area (Å²) in [6.45, 7) is 0. The van der Waals surface area contributed by atoms with Crippen molar-refractivity contribution in [3.8, 4) is 0 Å². The van der Waals surface area contributed by atoms with Gasteiger partial charge >= 0.3 is 0 Å². The molecule has 1 aromatic rings. The third-order valence-electron chi connectivity index (χ3n) is 0.842. The van der Waals surface area contributed by atoms with Crippen LogP contribution in [0.3, 0.4) is 0 Å². The third-order valence-corrected chi connectivity index (χ3v) is 1.37. The topological polar surface area (TPSA) is 12.9 Å². The maximum absolute atomic E-state index is 12.3. The molecule has 1 rings (SSSR count). The second-order valence-corrected chi connectivity index (χ2v) is 2.28. The SMILES string of the molecule is Fc1cc(F)c(F)c(Br)n1. The van der Waals surface area contributed by atoms with Gasteiger partial charge in [0.15, 0.2) is 11.6 Å². The summed E-state index contributed by atoms with van der Waals surface area (Å²) in [6, 6.07) is 0.375. The van der Waals surface area contributed by atoms with Gasteiger partial charge in [-0.05, 0) is 15.9 Å². The molecule has 0 saturated heterocycles. The van der Waals surface area contributed by atoms with Crippen molar-refractivity contribution in [3.63, 3.8) is 0 Å². The van der Waals surface area contributed by atoms with E-state index < -0.39 is 22.2 Å². The summed E-state index contributed by atoms with van der Waals surface area (Å²) in [4.78, 5) is 2.97. The molecule has 0 unspecified atom stereocenters. The van der Waals surface area contributed by atoms with Gasteiger partial charge in [0, 0.05) is 6.07 Å². The van der Waals surface area contributed by atoms with Crippen LogP contribution in [0, 0.1) is 17.6 Å². The molecule has 0 radical (unpaired) electrons. The van der Waals surface area contributed by atoms with Gasteiger partial charge in [-0.1, -0.05) is 0 Å². The first kappa shape index (κ1) is 7.53. The van der Waals surface area contributed by atoms with Crippen molar-refractivity contribution >= 4 is 15.9 Å². The van der Waals surface area contributed by atoms with Crippen LogP contribution in [0.5, 0.6) is 0 Å². The van der Waals surface area contributed by atoms with Crippen LogP contribution in [0.15, 0.2) is 10.7 Å². The maximum Gasteiger partial charge on any atom is 0.217 e. The van der Waals surface area contributed by atoms with Crippen LogP contribution in [-0.2, 0) is 0 Å². The quantitative estimate of drug-likeness (QED) is 0.601. The summed E-state index contributed by atoms with van der Waals surface area (Å²) in [7, 11) is 0. The molecule has 0 aromatic carbocycles. The lowest BCUT2D eigenvalue weighted by Gasteiger charge is -1.93. The van der Waals surface area contributed by atoms with Crippen molar-refractivity contribution in [1.29, 1.82) is 0 Å². The lowest BCUT2D eigenvalue weighted by atomic mass is 10.4. The molecule has 0 spiro atoms. The Morgan fingerprint density at radius 1 is 1.30 bits per heavy atom. The summed E-state index contributed by atoms with van der Waals surface area (Å²) >= 11 is 2.53. The highest BCUT2D eigenvalue weighted by atomic mass is 79.9. The molecular weight excluding hydrogens is 211 g/mol. The lowest BCUT2D eigenvalue weighted by molar-refractivity contribution is 0.472. The Bertz CT molecular complexity index is 240. The van der Waals surface area contributed by atoms with Crippen molar-refractivity contribution < 1.29 is 13.2 Å². The van der Waals surface area contributed by atoms with Gasteiger partial charge < -0.3 is 0 Å². The van der Waals surface area contributed by atoms with Crippen LogP contribution in [0.2, 0.25) is 0 Å². The maximum atomic E-state index is 12.3. The standard InChI is InChI=1S/C5HBrF3N/c6-5-4(9)2(7)1-3(8)10-5/h1H. The zero-order valence-corrected chi connectivity index (χ0v) is 6.12. The largest absolute Gasteiger partial charge is 0.217 e. The van der Waals surface area contributed by atoms with Gasteiger partial charge in [0.05, 0.1) is 0 Å². The minimum atomic E-state index is -1.25. The fraction of sp³-hybridized carbons (Fsp3) is 0. The van der Waals surface area contributed by atoms with Gasteiger partial charge in [0.1, 0.15) is 4.60 Å². The molecule has 0 saturated carbocycles. The van der Waals surface area contributed by atoms with E-state index >= 15 is 0 Å². The van der Waals surface area contributed by atoms with E-state index in [-0.39, 0.29) is 0 Å². The molecule has 0 bridgehead atoms. The number of rotatable bonds is 0. The zero-order chi connectivity index (χ0) is 7.72. The molecule has 1 heterocycles. The summed E-state index contributed by atoms with van der Waals surface area (Å²) < 4.78 is 36.0. The molecule has 0 aliphatic heterocycles. The van der Waals surface area contributed by atoms with Crippen LogP contribution in [0.4, 0.5) is 13.2 Å². The minimum Gasteiger partial charge on any atom is -0.209 e. The van der Waals surface area contributed by atoms with Gasteiger partial charge in [-0.2, -0.15) is 4.39 Å². The molecule has 54 valence electrons. The van der Waals surface area contributed by atoms with Crippen LogP contribution in [0.25, 0.3) is 0 Å². The van der Waals surface area contributed by atoms with Crippen molar-refractivity contribution in [3.05, 3.63) is 28.3 Å². The Hall–Kier alpha value is -0.580. The van der Waals surface area contributed by atoms with Crippen LogP contribution < -0.4 is 0 Å². The minimum absolute atomic E-state index is 0.375. The third kappa shape index (κ3) is 1.29. The molecule has 10 heavy (non-hydrogen) atoms. The van der Waals surface area contributed by atoms with E-state index in [9.17, 15) is 13.2 Å². The predicted octanol–water partition coefficient (Wildman–Crippen LogP) is 2.26. The Balaban J connectivity index is 3.31. The Morgan fingerprint density at radius 2 is 1.90 bits per heavy atom. The van der Waals surface area contributed by atoms with Crippen molar-refractivity contribution in [2.24, 2.45) is 0 Å². The van der Waals surface area contributed by atoms with E-state index in [4.69, 9.17) is 0 Å². The summed E-state index contributed by atoms with van der Waals surface area (Å²) in [5, 5.41) is 0. The Labute approximate surface area is 63.0 Å². The lowest BCUT2D eigenvalue weighted by Crippen LogP contribution is -1.92. The van der Waals surface area contributed by atoms with Crippen molar-refractivity contribution in [1.82, 2.24) is 4.98 Å². The van der Waals surface area contributed by atoms with Crippen LogP contribution in [-0.4, -0.2) is 4.98 Å². The summed E-state index contributed by atoms with van der Waals surface area (Å²) in [5.41, 5.74) is 0. The number of hydrogen-bond donors (Lipinski definition) is 0. The normalized spacial score (nSPS) is 10.0. The first-order chi connectivity index (χ1) is 4.61. The predicted molar refractivity (Wildman–Crippen MR) is 31.8 cm³/mol. The first-order valence-electron chi connectivity index (χ1n) is 2.28. The van der Waals surface area contributed by atoms with E-state index in [0.717, 1.165) is 0 Å². The highest BCUT2D eigenvalue weighted by Crippen LogP contribution is 2.15. The second kappa shape index (κ2) is 2.57. The average molecular weight is 212 g/mol. The van der Waals surface area contributed by atoms with E-state index in [0.29, 0.717) is 6.07 Å². The molecule has 0 amide bonds. The number of hydrogen-bond acceptors (Lipinski definition) is 1. The summed E-state index contributed by atoms with van der Waals surface area (Å²) in [6.07, 6.45) is 0. The van der Waals surface area contributed by atoms with E-state index in [1.165, 1.54) is 0 Å². The average Bonchev–Trinajstić information content (AvgIpc) is 1.82. The number of aromatic nitrogens is 1.